The highest BCUT2D eigenvalue weighted by atomic mass is 32.1. The van der Waals surface area contributed by atoms with Gasteiger partial charge < -0.3 is 0 Å². The molecule has 0 N–H and O–H groups in total. The summed E-state index contributed by atoms with van der Waals surface area (Å²) in [6.45, 7) is 3.38. The molecule has 0 aliphatic heterocycles. The zero-order chi connectivity index (χ0) is 13.8. The van der Waals surface area contributed by atoms with Gasteiger partial charge in [0.05, 0.1) is 6.54 Å². The fraction of sp³-hybridized carbons (Fsp3) is 1.00. The number of alkyl halides is 3. The Morgan fingerprint density at radius 3 is 2.11 bits per heavy atom. The Kier molecular flexibility index (Phi) is 5.84. The Hall–Kier alpha value is 0.100. The van der Waals surface area contributed by atoms with Gasteiger partial charge in [0.2, 0.25) is 0 Å². The Bertz CT molecular complexity index is 247. The molecular formula is C13H24F3NS. The summed E-state index contributed by atoms with van der Waals surface area (Å²) in [5.74, 6) is 0.689. The van der Waals surface area contributed by atoms with Crippen molar-refractivity contribution in [3.8, 4) is 0 Å². The Morgan fingerprint density at radius 1 is 1.17 bits per heavy atom. The van der Waals surface area contributed by atoms with Crippen molar-refractivity contribution in [2.24, 2.45) is 5.41 Å². The predicted molar refractivity (Wildman–Crippen MR) is 72.1 cm³/mol. The van der Waals surface area contributed by atoms with Crippen LogP contribution in [0.4, 0.5) is 13.2 Å². The maximum absolute atomic E-state index is 12.6. The molecule has 1 saturated carbocycles. The van der Waals surface area contributed by atoms with Crippen LogP contribution in [0.1, 0.15) is 46.0 Å². The van der Waals surface area contributed by atoms with E-state index in [4.69, 9.17) is 0 Å². The van der Waals surface area contributed by atoms with Gasteiger partial charge >= 0.3 is 6.18 Å². The number of hydrogen-bond donors (Lipinski definition) is 1. The fourth-order valence-electron chi connectivity index (χ4n) is 2.75. The lowest BCUT2D eigenvalue weighted by molar-refractivity contribution is -0.153. The van der Waals surface area contributed by atoms with Gasteiger partial charge in [-0.25, -0.2) is 0 Å². The van der Waals surface area contributed by atoms with Crippen molar-refractivity contribution < 1.29 is 13.2 Å². The van der Waals surface area contributed by atoms with Crippen LogP contribution < -0.4 is 0 Å². The van der Waals surface area contributed by atoms with Gasteiger partial charge in [-0.05, 0) is 37.9 Å². The van der Waals surface area contributed by atoms with E-state index < -0.39 is 12.7 Å². The van der Waals surface area contributed by atoms with E-state index in [0.717, 1.165) is 25.7 Å². The summed E-state index contributed by atoms with van der Waals surface area (Å²) in [6, 6.07) is -0.0784. The van der Waals surface area contributed by atoms with Crippen LogP contribution in [0.3, 0.4) is 0 Å². The third-order valence-electron chi connectivity index (χ3n) is 3.90. The van der Waals surface area contributed by atoms with Crippen LogP contribution >= 0.6 is 12.6 Å². The first-order valence-corrected chi connectivity index (χ1v) is 7.33. The number of rotatable bonds is 5. The van der Waals surface area contributed by atoms with Gasteiger partial charge in [-0.1, -0.05) is 19.3 Å². The summed E-state index contributed by atoms with van der Waals surface area (Å²) < 4.78 is 37.8. The molecule has 1 aliphatic carbocycles. The van der Waals surface area contributed by atoms with Gasteiger partial charge in [0.15, 0.2) is 0 Å². The highest BCUT2D eigenvalue weighted by Gasteiger charge is 2.38. The van der Waals surface area contributed by atoms with E-state index in [1.54, 1.807) is 4.90 Å². The van der Waals surface area contributed by atoms with Crippen LogP contribution in [-0.2, 0) is 0 Å². The second-order valence-corrected chi connectivity index (χ2v) is 6.15. The highest BCUT2D eigenvalue weighted by molar-refractivity contribution is 7.80. The first kappa shape index (κ1) is 16.2. The minimum absolute atomic E-state index is 0.0170. The van der Waals surface area contributed by atoms with Gasteiger partial charge in [0.1, 0.15) is 0 Å². The molecular weight excluding hydrogens is 259 g/mol. The lowest BCUT2D eigenvalue weighted by Crippen LogP contribution is -2.47. The lowest BCUT2D eigenvalue weighted by Gasteiger charge is -2.42. The van der Waals surface area contributed by atoms with Crippen LogP contribution in [-0.4, -0.2) is 36.0 Å². The molecule has 1 fully saturated rings. The van der Waals surface area contributed by atoms with Gasteiger partial charge in [0, 0.05) is 12.6 Å². The molecule has 0 aromatic heterocycles. The van der Waals surface area contributed by atoms with Gasteiger partial charge in [-0.2, -0.15) is 25.8 Å². The maximum Gasteiger partial charge on any atom is 0.401 e. The molecule has 0 aromatic carbocycles. The standard InChI is InChI=1S/C13H24F3NS/c1-11(2)17(9-13(14,15)16)8-12(10-18)6-4-3-5-7-12/h11,18H,3-10H2,1-2H3. The van der Waals surface area contributed by atoms with Crippen molar-refractivity contribution in [3.05, 3.63) is 0 Å². The summed E-state index contributed by atoms with van der Waals surface area (Å²) in [7, 11) is 0. The Labute approximate surface area is 114 Å². The fourth-order valence-corrected chi connectivity index (χ4v) is 3.17. The minimum atomic E-state index is -4.11. The van der Waals surface area contributed by atoms with Gasteiger partial charge in [-0.3, -0.25) is 4.90 Å². The molecule has 0 aromatic rings. The summed E-state index contributed by atoms with van der Waals surface area (Å²) in [5, 5.41) is 0. The largest absolute Gasteiger partial charge is 0.401 e. The van der Waals surface area contributed by atoms with E-state index in [1.165, 1.54) is 6.42 Å². The van der Waals surface area contributed by atoms with Crippen molar-refractivity contribution in [3.63, 3.8) is 0 Å². The Balaban J connectivity index is 2.68. The molecule has 1 rings (SSSR count). The molecule has 0 atom stereocenters. The summed E-state index contributed by atoms with van der Waals surface area (Å²) >= 11 is 4.40. The van der Waals surface area contributed by atoms with Crippen LogP contribution in [0.25, 0.3) is 0 Å². The van der Waals surface area contributed by atoms with Crippen LogP contribution in [0.5, 0.6) is 0 Å². The summed E-state index contributed by atoms with van der Waals surface area (Å²) in [4.78, 5) is 1.56. The summed E-state index contributed by atoms with van der Waals surface area (Å²) in [5.41, 5.74) is -0.0170. The zero-order valence-corrected chi connectivity index (χ0v) is 12.2. The maximum atomic E-state index is 12.6. The molecule has 5 heteroatoms. The van der Waals surface area contributed by atoms with Crippen molar-refractivity contribution in [1.29, 1.82) is 0 Å². The van der Waals surface area contributed by atoms with E-state index >= 15 is 0 Å². The first-order valence-electron chi connectivity index (χ1n) is 6.70. The smallest absolute Gasteiger partial charge is 0.292 e. The molecule has 0 radical (unpaired) electrons. The molecule has 1 nitrogen and oxygen atoms in total. The van der Waals surface area contributed by atoms with E-state index in [-0.39, 0.29) is 11.5 Å². The van der Waals surface area contributed by atoms with Gasteiger partial charge in [0.25, 0.3) is 0 Å². The number of thiol groups is 1. The molecule has 0 spiro atoms. The second kappa shape index (κ2) is 6.51. The normalized spacial score (nSPS) is 20.7. The van der Waals surface area contributed by atoms with E-state index in [9.17, 15) is 13.2 Å². The van der Waals surface area contributed by atoms with Crippen molar-refractivity contribution in [2.45, 2.75) is 58.2 Å². The third kappa shape index (κ3) is 5.00. The van der Waals surface area contributed by atoms with E-state index in [2.05, 4.69) is 12.6 Å². The quantitative estimate of drug-likeness (QED) is 0.742. The molecule has 18 heavy (non-hydrogen) atoms. The van der Waals surface area contributed by atoms with Crippen LogP contribution in [0.2, 0.25) is 0 Å². The predicted octanol–water partition coefficient (Wildman–Crippen LogP) is 4.14. The SMILES string of the molecule is CC(C)N(CC(F)(F)F)CC1(CS)CCCCC1. The first-order chi connectivity index (χ1) is 8.28. The third-order valence-corrected chi connectivity index (χ3v) is 4.57. The average molecular weight is 283 g/mol. The average Bonchev–Trinajstić information content (AvgIpc) is 2.27. The molecule has 0 heterocycles. The molecule has 0 unspecified atom stereocenters. The second-order valence-electron chi connectivity index (χ2n) is 5.83. The van der Waals surface area contributed by atoms with Crippen molar-refractivity contribution >= 4 is 12.6 Å². The molecule has 1 aliphatic rings. The molecule has 0 saturated heterocycles. The van der Waals surface area contributed by atoms with Crippen LogP contribution in [0, 0.1) is 5.41 Å². The lowest BCUT2D eigenvalue weighted by atomic mass is 9.75. The zero-order valence-electron chi connectivity index (χ0n) is 11.3. The number of halogens is 3. The van der Waals surface area contributed by atoms with E-state index in [0.29, 0.717) is 12.3 Å². The molecule has 108 valence electrons. The topological polar surface area (TPSA) is 3.24 Å². The summed E-state index contributed by atoms with van der Waals surface area (Å²) in [6.07, 6.45) is 1.36. The van der Waals surface area contributed by atoms with E-state index in [1.807, 2.05) is 13.8 Å². The number of hydrogen-bond acceptors (Lipinski definition) is 2. The molecule has 0 amide bonds. The van der Waals surface area contributed by atoms with Crippen LogP contribution in [0.15, 0.2) is 0 Å². The molecule has 0 bridgehead atoms. The number of nitrogens with zero attached hydrogens (tertiary/aromatic N) is 1. The van der Waals surface area contributed by atoms with Crippen molar-refractivity contribution in [2.75, 3.05) is 18.8 Å². The minimum Gasteiger partial charge on any atom is -0.292 e. The monoisotopic (exact) mass is 283 g/mol. The highest BCUT2D eigenvalue weighted by Crippen LogP contribution is 2.38. The van der Waals surface area contributed by atoms with Gasteiger partial charge in [-0.15, -0.1) is 0 Å². The van der Waals surface area contributed by atoms with Crippen molar-refractivity contribution in [1.82, 2.24) is 4.90 Å². The Morgan fingerprint density at radius 2 is 1.72 bits per heavy atom.